The number of anilines is 1. The smallest absolute Gasteiger partial charge is 0.260 e. The molecule has 0 spiro atoms. The molecule has 3 aromatic carbocycles. The van der Waals surface area contributed by atoms with Crippen LogP contribution in [0.25, 0.3) is 6.08 Å². The zero-order valence-corrected chi connectivity index (χ0v) is 23.9. The molecule has 0 unspecified atom stereocenters. The number of halogens is 2. The van der Waals surface area contributed by atoms with Gasteiger partial charge in [0.05, 0.1) is 12.0 Å². The van der Waals surface area contributed by atoms with E-state index in [1.165, 1.54) is 17.3 Å². The predicted octanol–water partition coefficient (Wildman–Crippen LogP) is 6.37. The fourth-order valence-corrected chi connectivity index (χ4v) is 6.80. The molecule has 3 aromatic rings. The van der Waals surface area contributed by atoms with Crippen molar-refractivity contribution in [2.24, 2.45) is 0 Å². The number of thioether (sulfide) groups is 1. The number of carbonyl (C=O) groups is 1. The number of carbonyl (C=O) groups excluding carboxylic acids is 1. The zero-order chi connectivity index (χ0) is 24.4. The number of fused-ring (bicyclic) bond motifs is 1. The molecule has 1 atom stereocenters. The van der Waals surface area contributed by atoms with Crippen LogP contribution in [-0.4, -0.2) is 18.2 Å². The van der Waals surface area contributed by atoms with Crippen LogP contribution in [0, 0.1) is 7.14 Å². The maximum atomic E-state index is 12.6. The summed E-state index contributed by atoms with van der Waals surface area (Å²) >= 11 is 6.04. The molecule has 0 bridgehead atoms. The largest absolute Gasteiger partial charge is 0.487 e. The van der Waals surface area contributed by atoms with Gasteiger partial charge < -0.3 is 24.8 Å². The molecule has 180 valence electrons. The van der Waals surface area contributed by atoms with E-state index in [-0.39, 0.29) is 18.2 Å². The number of amides is 1. The minimum Gasteiger partial charge on any atom is -0.487 e. The SMILES string of the molecule is CCc1ccc(N[C@@H]2NC(=O)/C(=C/c3cc(I)c(OCc4ccc5c(c4)OCO5)c(I)c3)S2)cc1. The summed E-state index contributed by atoms with van der Waals surface area (Å²) in [6.07, 6.45) is 2.93. The molecule has 35 heavy (non-hydrogen) atoms. The van der Waals surface area contributed by atoms with E-state index in [1.54, 1.807) is 0 Å². The lowest BCUT2D eigenvalue weighted by Gasteiger charge is -2.13. The second-order valence-electron chi connectivity index (χ2n) is 7.96. The van der Waals surface area contributed by atoms with Gasteiger partial charge in [-0.15, -0.1) is 0 Å². The van der Waals surface area contributed by atoms with Gasteiger partial charge in [-0.05, 0) is 111 Å². The van der Waals surface area contributed by atoms with Gasteiger partial charge in [-0.2, -0.15) is 0 Å². The van der Waals surface area contributed by atoms with Crippen LogP contribution in [0.4, 0.5) is 5.69 Å². The highest BCUT2D eigenvalue weighted by atomic mass is 127. The molecule has 0 saturated carbocycles. The number of nitrogens with one attached hydrogen (secondary N) is 2. The Bertz CT molecular complexity index is 1270. The minimum atomic E-state index is -0.205. The summed E-state index contributed by atoms with van der Waals surface area (Å²) in [6, 6.07) is 18.2. The number of aryl methyl sites for hydroxylation is 1. The van der Waals surface area contributed by atoms with Crippen LogP contribution < -0.4 is 24.8 Å². The Morgan fingerprint density at radius 1 is 1.06 bits per heavy atom. The average molecular weight is 712 g/mol. The van der Waals surface area contributed by atoms with Crippen LogP contribution >= 0.6 is 56.9 Å². The van der Waals surface area contributed by atoms with Crippen LogP contribution in [0.1, 0.15) is 23.6 Å². The maximum Gasteiger partial charge on any atom is 0.260 e. The highest BCUT2D eigenvalue weighted by molar-refractivity contribution is 14.1. The van der Waals surface area contributed by atoms with Gasteiger partial charge >= 0.3 is 0 Å². The van der Waals surface area contributed by atoms with Crippen LogP contribution in [0.15, 0.2) is 59.5 Å². The van der Waals surface area contributed by atoms with Gasteiger partial charge in [-0.25, -0.2) is 0 Å². The molecule has 1 saturated heterocycles. The van der Waals surface area contributed by atoms with Crippen molar-refractivity contribution in [2.75, 3.05) is 12.1 Å². The van der Waals surface area contributed by atoms with E-state index < -0.39 is 0 Å². The molecule has 6 nitrogen and oxygen atoms in total. The van der Waals surface area contributed by atoms with E-state index in [1.807, 2.05) is 48.5 Å². The van der Waals surface area contributed by atoms with Crippen LogP contribution in [0.5, 0.6) is 17.2 Å². The van der Waals surface area contributed by atoms with Gasteiger partial charge in [0.2, 0.25) is 6.79 Å². The summed E-state index contributed by atoms with van der Waals surface area (Å²) in [5.74, 6) is 2.25. The van der Waals surface area contributed by atoms with Crippen molar-refractivity contribution >= 4 is 74.6 Å². The maximum absolute atomic E-state index is 12.6. The molecule has 2 heterocycles. The third-order valence-electron chi connectivity index (χ3n) is 5.53. The van der Waals surface area contributed by atoms with Crippen LogP contribution in [-0.2, 0) is 17.8 Å². The summed E-state index contributed by atoms with van der Waals surface area (Å²) in [6.45, 7) is 2.81. The lowest BCUT2D eigenvalue weighted by Crippen LogP contribution is -2.30. The average Bonchev–Trinajstić information content (AvgIpc) is 3.44. The first-order valence-electron chi connectivity index (χ1n) is 11.0. The van der Waals surface area contributed by atoms with Gasteiger partial charge in [0, 0.05) is 5.69 Å². The summed E-state index contributed by atoms with van der Waals surface area (Å²) in [5, 5.41) is 6.36. The summed E-state index contributed by atoms with van der Waals surface area (Å²) in [7, 11) is 0. The number of hydrogen-bond donors (Lipinski definition) is 2. The normalized spacial score (nSPS) is 17.5. The number of benzene rings is 3. The van der Waals surface area contributed by atoms with Gasteiger partial charge in [0.1, 0.15) is 12.4 Å². The molecule has 0 radical (unpaired) electrons. The molecule has 1 amide bonds. The molecule has 2 aliphatic rings. The second kappa shape index (κ2) is 10.9. The molecular weight excluding hydrogens is 690 g/mol. The van der Waals surface area contributed by atoms with Gasteiger partial charge in [-0.3, -0.25) is 4.79 Å². The summed E-state index contributed by atoms with van der Waals surface area (Å²) in [5.41, 5.74) is 4.03. The van der Waals surface area contributed by atoms with E-state index in [0.29, 0.717) is 11.5 Å². The fourth-order valence-electron chi connectivity index (χ4n) is 3.69. The monoisotopic (exact) mass is 712 g/mol. The quantitative estimate of drug-likeness (QED) is 0.220. The molecule has 2 aliphatic heterocycles. The van der Waals surface area contributed by atoms with Gasteiger partial charge in [-0.1, -0.05) is 36.9 Å². The van der Waals surface area contributed by atoms with Crippen molar-refractivity contribution < 1.29 is 19.0 Å². The Kier molecular flexibility index (Phi) is 7.63. The van der Waals surface area contributed by atoms with Gasteiger partial charge in [0.15, 0.2) is 17.0 Å². The number of ether oxygens (including phenoxy) is 3. The Morgan fingerprint density at radius 2 is 1.77 bits per heavy atom. The first kappa shape index (κ1) is 24.6. The Labute approximate surface area is 235 Å². The van der Waals surface area contributed by atoms with E-state index in [2.05, 4.69) is 74.9 Å². The van der Waals surface area contributed by atoms with E-state index in [0.717, 1.165) is 47.6 Å². The zero-order valence-electron chi connectivity index (χ0n) is 18.8. The van der Waals surface area contributed by atoms with Crippen molar-refractivity contribution in [3.05, 3.63) is 83.3 Å². The van der Waals surface area contributed by atoms with Crippen LogP contribution in [0.3, 0.4) is 0 Å². The topological polar surface area (TPSA) is 68.8 Å². The Balaban J connectivity index is 1.25. The van der Waals surface area contributed by atoms with E-state index >= 15 is 0 Å². The summed E-state index contributed by atoms with van der Waals surface area (Å²) < 4.78 is 18.9. The fraction of sp³-hybridized carbons (Fsp3) is 0.192. The molecule has 9 heteroatoms. The first-order valence-corrected chi connectivity index (χ1v) is 14.1. The molecular formula is C26H22I2N2O4S. The van der Waals surface area contributed by atoms with Crippen molar-refractivity contribution in [2.45, 2.75) is 25.4 Å². The second-order valence-corrected chi connectivity index (χ2v) is 11.4. The molecule has 5 rings (SSSR count). The highest BCUT2D eigenvalue weighted by Gasteiger charge is 2.27. The van der Waals surface area contributed by atoms with Gasteiger partial charge in [0.25, 0.3) is 5.91 Å². The van der Waals surface area contributed by atoms with Crippen LogP contribution in [0.2, 0.25) is 0 Å². The Morgan fingerprint density at radius 3 is 2.51 bits per heavy atom. The standard InChI is InChI=1S/C26H22I2N2O4S/c1-2-15-3-6-18(7-4-15)29-26-30-25(31)23(35-26)12-17-9-19(27)24(20(28)10-17)32-13-16-5-8-21-22(11-16)34-14-33-21/h3-12,26,29H,2,13-14H2,1H3,(H,30,31)/b23-12-/t26-/m1/s1. The van der Waals surface area contributed by atoms with E-state index in [9.17, 15) is 4.79 Å². The number of rotatable bonds is 7. The van der Waals surface area contributed by atoms with Crippen molar-refractivity contribution in [1.29, 1.82) is 0 Å². The third-order valence-corrected chi connectivity index (χ3v) is 8.16. The minimum absolute atomic E-state index is 0.0779. The Hall–Kier alpha value is -2.12. The number of hydrogen-bond acceptors (Lipinski definition) is 6. The van der Waals surface area contributed by atoms with Crippen molar-refractivity contribution in [3.8, 4) is 17.2 Å². The first-order chi connectivity index (χ1) is 17.0. The third kappa shape index (κ3) is 5.83. The van der Waals surface area contributed by atoms with E-state index in [4.69, 9.17) is 14.2 Å². The molecule has 2 N–H and O–H groups in total. The lowest BCUT2D eigenvalue weighted by molar-refractivity contribution is -0.116. The molecule has 0 aliphatic carbocycles. The predicted molar refractivity (Wildman–Crippen MR) is 156 cm³/mol. The lowest BCUT2D eigenvalue weighted by atomic mass is 10.1. The van der Waals surface area contributed by atoms with Crippen molar-refractivity contribution in [3.63, 3.8) is 0 Å². The molecule has 0 aromatic heterocycles. The van der Waals surface area contributed by atoms with Crippen molar-refractivity contribution in [1.82, 2.24) is 5.32 Å². The summed E-state index contributed by atoms with van der Waals surface area (Å²) in [4.78, 5) is 13.2. The molecule has 1 fully saturated rings. The highest BCUT2D eigenvalue weighted by Crippen LogP contribution is 2.35.